The van der Waals surface area contributed by atoms with Crippen LogP contribution in [0.5, 0.6) is 11.5 Å². The second-order valence-corrected chi connectivity index (χ2v) is 8.15. The van der Waals surface area contributed by atoms with E-state index in [0.29, 0.717) is 22.6 Å². The largest absolute Gasteiger partial charge is 0.497 e. The maximum absolute atomic E-state index is 15.6. The van der Waals surface area contributed by atoms with Crippen LogP contribution in [0.15, 0.2) is 84.9 Å². The predicted molar refractivity (Wildman–Crippen MR) is 132 cm³/mol. The first-order valence-electron chi connectivity index (χ1n) is 11.1. The van der Waals surface area contributed by atoms with Crippen molar-refractivity contribution < 1.29 is 27.0 Å². The molecule has 180 valence electrons. The summed E-state index contributed by atoms with van der Waals surface area (Å²) in [5.41, 5.74) is 0.777. The van der Waals surface area contributed by atoms with Crippen molar-refractivity contribution >= 4 is 0 Å². The Balaban J connectivity index is 2.01. The third-order valence-electron chi connectivity index (χ3n) is 6.18. The highest BCUT2D eigenvalue weighted by Gasteiger charge is 2.33. The lowest BCUT2D eigenvalue weighted by atomic mass is 9.92. The molecule has 3 aromatic rings. The molecule has 0 heterocycles. The molecule has 36 heavy (non-hydrogen) atoms. The second kappa shape index (κ2) is 9.38. The van der Waals surface area contributed by atoms with Crippen LogP contribution in [0.2, 0.25) is 0 Å². The number of benzene rings is 3. The maximum Gasteiger partial charge on any atom is 0.134 e. The average Bonchev–Trinajstić information content (AvgIpc) is 3.17. The van der Waals surface area contributed by atoms with Gasteiger partial charge in [0.2, 0.25) is 0 Å². The van der Waals surface area contributed by atoms with Crippen LogP contribution in [0.3, 0.4) is 0 Å². The fourth-order valence-corrected chi connectivity index (χ4v) is 4.57. The zero-order valence-electron chi connectivity index (χ0n) is 19.4. The molecular weight excluding hydrogens is 468 g/mol. The zero-order chi connectivity index (χ0) is 25.4. The lowest BCUT2D eigenvalue weighted by molar-refractivity contribution is 0.415. The molecule has 0 unspecified atom stereocenters. The molecule has 0 aliphatic heterocycles. The van der Waals surface area contributed by atoms with Crippen LogP contribution in [0, 0.1) is 23.3 Å². The molecule has 0 atom stereocenters. The molecule has 6 heteroatoms. The van der Waals surface area contributed by atoms with E-state index in [1.165, 1.54) is 26.4 Å². The van der Waals surface area contributed by atoms with Crippen LogP contribution in [0.4, 0.5) is 17.6 Å². The molecule has 0 fully saturated rings. The molecule has 2 aliphatic carbocycles. The van der Waals surface area contributed by atoms with Crippen LogP contribution in [-0.2, 0) is 0 Å². The minimum atomic E-state index is -0.847. The fraction of sp³-hybridized carbons (Fsp3) is 0.0667. The number of rotatable bonds is 5. The SMILES string of the molecule is COc1ccc(-c2c3c(F)cccc(F)c-3c(-c3ccc(OC)cc3)c2-c2c(F)cccc2F)cc1. The third kappa shape index (κ3) is 3.85. The van der Waals surface area contributed by atoms with E-state index in [1.54, 1.807) is 48.5 Å². The summed E-state index contributed by atoms with van der Waals surface area (Å²) >= 11 is 0. The van der Waals surface area contributed by atoms with E-state index in [-0.39, 0.29) is 33.4 Å². The van der Waals surface area contributed by atoms with E-state index in [1.807, 2.05) is 0 Å². The van der Waals surface area contributed by atoms with Gasteiger partial charge in [0.05, 0.1) is 19.8 Å². The highest BCUT2D eigenvalue weighted by molar-refractivity contribution is 6.11. The molecule has 0 radical (unpaired) electrons. The third-order valence-corrected chi connectivity index (χ3v) is 6.18. The Kier molecular flexibility index (Phi) is 6.10. The first kappa shape index (κ1) is 23.4. The summed E-state index contributed by atoms with van der Waals surface area (Å²) in [6.45, 7) is 0. The van der Waals surface area contributed by atoms with Crippen molar-refractivity contribution in [3.05, 3.63) is 108 Å². The fourth-order valence-electron chi connectivity index (χ4n) is 4.57. The van der Waals surface area contributed by atoms with Gasteiger partial charge >= 0.3 is 0 Å². The minimum absolute atomic E-state index is 0.0555. The van der Waals surface area contributed by atoms with Crippen molar-refractivity contribution in [3.63, 3.8) is 0 Å². The molecule has 0 N–H and O–H groups in total. The molecular formula is C30H20F4O2. The highest BCUT2D eigenvalue weighted by atomic mass is 19.1. The van der Waals surface area contributed by atoms with Gasteiger partial charge in [0.1, 0.15) is 34.8 Å². The Morgan fingerprint density at radius 1 is 0.389 bits per heavy atom. The van der Waals surface area contributed by atoms with E-state index in [4.69, 9.17) is 9.47 Å². The Bertz CT molecular complexity index is 1420. The van der Waals surface area contributed by atoms with E-state index >= 15 is 17.6 Å². The lowest BCUT2D eigenvalue weighted by Crippen LogP contribution is -1.93. The summed E-state index contributed by atoms with van der Waals surface area (Å²) in [5, 5.41) is 0. The maximum atomic E-state index is 15.6. The highest BCUT2D eigenvalue weighted by Crippen LogP contribution is 2.55. The van der Waals surface area contributed by atoms with Crippen LogP contribution in [0.1, 0.15) is 0 Å². The van der Waals surface area contributed by atoms with Gasteiger partial charge in [-0.2, -0.15) is 0 Å². The van der Waals surface area contributed by atoms with Crippen molar-refractivity contribution in [2.75, 3.05) is 14.2 Å². The van der Waals surface area contributed by atoms with Crippen molar-refractivity contribution in [1.82, 2.24) is 0 Å². The van der Waals surface area contributed by atoms with Gasteiger partial charge in [0, 0.05) is 27.8 Å². The van der Waals surface area contributed by atoms with Crippen molar-refractivity contribution in [2.24, 2.45) is 0 Å². The van der Waals surface area contributed by atoms with Gasteiger partial charge in [-0.05, 0) is 59.7 Å². The van der Waals surface area contributed by atoms with Gasteiger partial charge in [0.15, 0.2) is 0 Å². The topological polar surface area (TPSA) is 18.5 Å². The smallest absolute Gasteiger partial charge is 0.134 e. The van der Waals surface area contributed by atoms with E-state index in [0.717, 1.165) is 24.3 Å². The second-order valence-electron chi connectivity index (χ2n) is 8.15. The molecule has 2 nitrogen and oxygen atoms in total. The molecule has 0 spiro atoms. The summed E-state index contributed by atoms with van der Waals surface area (Å²) in [7, 11) is 3.01. The molecule has 2 aliphatic rings. The summed E-state index contributed by atoms with van der Waals surface area (Å²) in [6.07, 6.45) is 0. The Hall–Kier alpha value is -4.32. The Labute approximate surface area is 205 Å². The van der Waals surface area contributed by atoms with Gasteiger partial charge in [-0.1, -0.05) is 36.4 Å². The predicted octanol–water partition coefficient (Wildman–Crippen LogP) is 8.37. The van der Waals surface area contributed by atoms with Gasteiger partial charge < -0.3 is 9.47 Å². The van der Waals surface area contributed by atoms with Gasteiger partial charge in [-0.15, -0.1) is 0 Å². The van der Waals surface area contributed by atoms with Crippen LogP contribution >= 0.6 is 0 Å². The number of ether oxygens (including phenoxy) is 2. The molecule has 0 aromatic heterocycles. The number of fused-ring (bicyclic) bond motifs is 1. The lowest BCUT2D eigenvalue weighted by Gasteiger charge is -2.13. The standard InChI is InChI=1S/C30H20F4O2/c1-35-19-13-9-17(10-14-19)25-28-23(33)7-4-8-24(34)29(28)26(18-11-15-20(36-2)16-12-18)30(25)27-21(31)5-3-6-22(27)32/h3-16H,1-2H3. The van der Waals surface area contributed by atoms with Crippen molar-refractivity contribution in [3.8, 4) is 56.0 Å². The minimum Gasteiger partial charge on any atom is -0.497 e. The number of halogens is 4. The monoisotopic (exact) mass is 488 g/mol. The van der Waals surface area contributed by atoms with Gasteiger partial charge in [-0.25, -0.2) is 17.6 Å². The van der Waals surface area contributed by atoms with Crippen LogP contribution in [0.25, 0.3) is 44.5 Å². The molecule has 0 saturated heterocycles. The number of hydrogen-bond donors (Lipinski definition) is 0. The molecule has 5 rings (SSSR count). The van der Waals surface area contributed by atoms with Gasteiger partial charge in [0.25, 0.3) is 0 Å². The van der Waals surface area contributed by atoms with E-state index in [2.05, 4.69) is 0 Å². The molecule has 0 amide bonds. The average molecular weight is 488 g/mol. The first-order valence-corrected chi connectivity index (χ1v) is 11.1. The van der Waals surface area contributed by atoms with Crippen molar-refractivity contribution in [1.29, 1.82) is 0 Å². The summed E-state index contributed by atoms with van der Waals surface area (Å²) in [5.74, 6) is -2.06. The molecule has 0 bridgehead atoms. The van der Waals surface area contributed by atoms with Gasteiger partial charge in [-0.3, -0.25) is 0 Å². The quantitative estimate of drug-likeness (QED) is 0.231. The molecule has 0 saturated carbocycles. The zero-order valence-corrected chi connectivity index (χ0v) is 19.4. The first-order chi connectivity index (χ1) is 17.4. The summed E-state index contributed by atoms with van der Waals surface area (Å²) in [4.78, 5) is 0. The van der Waals surface area contributed by atoms with Crippen LogP contribution < -0.4 is 9.47 Å². The Morgan fingerprint density at radius 3 is 1.06 bits per heavy atom. The molecule has 3 aromatic carbocycles. The Morgan fingerprint density at radius 2 is 0.722 bits per heavy atom. The van der Waals surface area contributed by atoms with E-state index < -0.39 is 23.3 Å². The number of hydrogen-bond acceptors (Lipinski definition) is 2. The van der Waals surface area contributed by atoms with Crippen molar-refractivity contribution in [2.45, 2.75) is 0 Å². The normalized spacial score (nSPS) is 11.1. The van der Waals surface area contributed by atoms with E-state index in [9.17, 15) is 0 Å². The van der Waals surface area contributed by atoms with Crippen LogP contribution in [-0.4, -0.2) is 14.2 Å². The summed E-state index contributed by atoms with van der Waals surface area (Å²) < 4.78 is 72.4. The summed E-state index contributed by atoms with van der Waals surface area (Å²) in [6, 6.07) is 20.2. The number of methoxy groups -OCH3 is 2.